The Kier molecular flexibility index (Phi) is 9.74. The first kappa shape index (κ1) is 34.0. The van der Waals surface area contributed by atoms with Crippen molar-refractivity contribution < 1.29 is 45.1 Å². The number of likely N-dealkylation sites (N-methyl/N-ethyl adjacent to an activating group) is 1. The molecule has 2 aromatic rings. The van der Waals surface area contributed by atoms with Crippen LogP contribution in [0.5, 0.6) is 0 Å². The van der Waals surface area contributed by atoms with Crippen molar-refractivity contribution in [3.05, 3.63) is 65.0 Å². The maximum absolute atomic E-state index is 13.7. The van der Waals surface area contributed by atoms with E-state index in [2.05, 4.69) is 0 Å². The third kappa shape index (κ3) is 7.52. The summed E-state index contributed by atoms with van der Waals surface area (Å²) >= 11 is 0. The second-order valence-electron chi connectivity index (χ2n) is 11.8. The van der Waals surface area contributed by atoms with Gasteiger partial charge in [0.1, 0.15) is 5.82 Å². The van der Waals surface area contributed by atoms with Crippen LogP contribution >= 0.6 is 0 Å². The summed E-state index contributed by atoms with van der Waals surface area (Å²) < 4.78 is 94.6. The lowest BCUT2D eigenvalue weighted by Crippen LogP contribution is -2.48. The number of halogens is 7. The second kappa shape index (κ2) is 12.9. The molecule has 1 heterocycles. The van der Waals surface area contributed by atoms with Crippen LogP contribution in [0.2, 0.25) is 0 Å². The number of rotatable bonds is 5. The summed E-state index contributed by atoms with van der Waals surface area (Å²) in [6, 6.07) is 4.87. The molecule has 1 aliphatic heterocycles. The fourth-order valence-electron chi connectivity index (χ4n) is 6.24. The molecule has 4 amide bonds. The molecule has 0 N–H and O–H groups in total. The van der Waals surface area contributed by atoms with Gasteiger partial charge in [-0.15, -0.1) is 0 Å². The van der Waals surface area contributed by atoms with Crippen LogP contribution in [0, 0.1) is 11.7 Å². The number of anilines is 1. The molecule has 0 radical (unpaired) electrons. The minimum atomic E-state index is -5.09. The highest BCUT2D eigenvalue weighted by Crippen LogP contribution is 2.39. The van der Waals surface area contributed by atoms with E-state index in [-0.39, 0.29) is 42.9 Å². The molecule has 1 saturated carbocycles. The third-order valence-corrected chi connectivity index (χ3v) is 9.04. The molecule has 7 nitrogen and oxygen atoms in total. The molecule has 0 aromatic heterocycles. The molecule has 246 valence electrons. The van der Waals surface area contributed by atoms with Gasteiger partial charge in [-0.1, -0.05) is 12.1 Å². The Morgan fingerprint density at radius 2 is 1.31 bits per heavy atom. The van der Waals surface area contributed by atoms with Gasteiger partial charge in [0.25, 0.3) is 0 Å². The lowest BCUT2D eigenvalue weighted by atomic mass is 9.84. The fraction of sp³-hybridized carbons (Fsp3) is 0.516. The number of alkyl halides is 6. The van der Waals surface area contributed by atoms with Crippen molar-refractivity contribution >= 4 is 23.5 Å². The van der Waals surface area contributed by atoms with Crippen molar-refractivity contribution in [2.45, 2.75) is 63.0 Å². The molecule has 0 spiro atoms. The van der Waals surface area contributed by atoms with Crippen LogP contribution in [0.25, 0.3) is 0 Å². The first-order chi connectivity index (χ1) is 20.9. The van der Waals surface area contributed by atoms with Crippen molar-refractivity contribution in [3.63, 3.8) is 0 Å². The summed E-state index contributed by atoms with van der Waals surface area (Å²) in [6.07, 6.45) is -7.79. The maximum atomic E-state index is 13.7. The van der Waals surface area contributed by atoms with Gasteiger partial charge in [-0.05, 0) is 61.6 Å². The highest BCUT2D eigenvalue weighted by Gasteiger charge is 2.43. The summed E-state index contributed by atoms with van der Waals surface area (Å²) in [5.74, 6) is -1.53. The van der Waals surface area contributed by atoms with E-state index in [4.69, 9.17) is 0 Å². The van der Waals surface area contributed by atoms with Crippen LogP contribution in [0.15, 0.2) is 42.5 Å². The van der Waals surface area contributed by atoms with E-state index in [1.165, 1.54) is 43.1 Å². The van der Waals surface area contributed by atoms with Crippen molar-refractivity contribution in [2.75, 3.05) is 39.1 Å². The molecule has 2 atom stereocenters. The molecule has 4 rings (SSSR count). The van der Waals surface area contributed by atoms with Crippen molar-refractivity contribution in [2.24, 2.45) is 5.92 Å². The van der Waals surface area contributed by atoms with Crippen LogP contribution in [0.3, 0.4) is 0 Å². The van der Waals surface area contributed by atoms with Gasteiger partial charge in [-0.25, -0.2) is 9.18 Å². The van der Waals surface area contributed by atoms with Gasteiger partial charge in [0.15, 0.2) is 0 Å². The summed E-state index contributed by atoms with van der Waals surface area (Å²) in [5.41, 5.74) is -3.10. The SMILES string of the molecule is CC(=O)N(C)C1CCC(C(=O)N2C[C@@H](N(C)C(=O)N(C)c3cc(C(F)(F)F)cc(C(F)(F)F)c3)[C@H](c3ccc(F)cc3)C2)CC1. The highest BCUT2D eigenvalue weighted by molar-refractivity contribution is 5.92. The van der Waals surface area contributed by atoms with E-state index in [1.54, 1.807) is 16.8 Å². The van der Waals surface area contributed by atoms with Gasteiger partial charge in [-0.3, -0.25) is 14.5 Å². The molecule has 14 heteroatoms. The van der Waals surface area contributed by atoms with E-state index in [0.29, 0.717) is 48.3 Å². The molecule has 2 fully saturated rings. The van der Waals surface area contributed by atoms with Gasteiger partial charge in [0.05, 0.1) is 17.2 Å². The van der Waals surface area contributed by atoms with Crippen LogP contribution in [0.1, 0.15) is 55.2 Å². The summed E-state index contributed by atoms with van der Waals surface area (Å²) in [6.45, 7) is 1.71. The molecule has 45 heavy (non-hydrogen) atoms. The minimum Gasteiger partial charge on any atom is -0.343 e. The average Bonchev–Trinajstić information content (AvgIpc) is 3.44. The number of amides is 4. The van der Waals surface area contributed by atoms with Crippen LogP contribution in [-0.4, -0.2) is 78.9 Å². The van der Waals surface area contributed by atoms with E-state index in [9.17, 15) is 45.1 Å². The molecule has 0 bridgehead atoms. The number of likely N-dealkylation sites (tertiary alicyclic amines) is 1. The highest BCUT2D eigenvalue weighted by atomic mass is 19.4. The average molecular weight is 645 g/mol. The first-order valence-corrected chi connectivity index (χ1v) is 14.5. The zero-order chi connectivity index (χ0) is 33.4. The van der Waals surface area contributed by atoms with Crippen molar-refractivity contribution in [1.29, 1.82) is 0 Å². The number of carbonyl (C=O) groups is 3. The molecule has 2 aromatic carbocycles. The van der Waals surface area contributed by atoms with Crippen molar-refractivity contribution in [3.8, 4) is 0 Å². The van der Waals surface area contributed by atoms with Crippen LogP contribution < -0.4 is 4.90 Å². The molecular weight excluding hydrogens is 609 g/mol. The maximum Gasteiger partial charge on any atom is 0.416 e. The number of carbonyl (C=O) groups excluding carboxylic acids is 3. The van der Waals surface area contributed by atoms with Gasteiger partial charge in [0, 0.05) is 64.7 Å². The van der Waals surface area contributed by atoms with Gasteiger partial charge in [0.2, 0.25) is 11.8 Å². The summed E-state index contributed by atoms with van der Waals surface area (Å²) in [7, 11) is 4.17. The van der Waals surface area contributed by atoms with Gasteiger partial charge < -0.3 is 14.7 Å². The van der Waals surface area contributed by atoms with Crippen LogP contribution in [0.4, 0.5) is 41.2 Å². The van der Waals surface area contributed by atoms with Crippen molar-refractivity contribution in [1.82, 2.24) is 14.7 Å². The second-order valence-corrected chi connectivity index (χ2v) is 11.8. The third-order valence-electron chi connectivity index (χ3n) is 9.04. The number of hydrogen-bond acceptors (Lipinski definition) is 3. The largest absolute Gasteiger partial charge is 0.416 e. The quantitative estimate of drug-likeness (QED) is 0.355. The molecular formula is C31H35F7N4O3. The Balaban J connectivity index is 1.58. The summed E-state index contributed by atoms with van der Waals surface area (Å²) in [5, 5.41) is 0. The zero-order valence-electron chi connectivity index (χ0n) is 25.3. The van der Waals surface area contributed by atoms with Gasteiger partial charge in [-0.2, -0.15) is 26.3 Å². The van der Waals surface area contributed by atoms with E-state index >= 15 is 0 Å². The smallest absolute Gasteiger partial charge is 0.343 e. The Bertz CT molecular complexity index is 1370. The van der Waals surface area contributed by atoms with E-state index in [1.807, 2.05) is 0 Å². The normalized spacial score (nSPS) is 22.2. The fourth-order valence-corrected chi connectivity index (χ4v) is 6.24. The molecule has 0 unspecified atom stereocenters. The molecule has 2 aliphatic rings. The molecule has 1 saturated heterocycles. The predicted octanol–water partition coefficient (Wildman–Crippen LogP) is 6.38. The topological polar surface area (TPSA) is 64.2 Å². The Morgan fingerprint density at radius 3 is 1.80 bits per heavy atom. The lowest BCUT2D eigenvalue weighted by molar-refractivity contribution is -0.143. The number of benzene rings is 2. The Morgan fingerprint density at radius 1 is 0.778 bits per heavy atom. The standard InChI is InChI=1S/C31H35F7N4O3/c1-18(43)39(2)24-11-7-20(8-12-24)28(44)42-16-26(19-5-9-23(32)10-6-19)27(17-42)41(4)29(45)40(3)25-14-21(30(33,34)35)13-22(15-25)31(36,37)38/h5-6,9-10,13-15,20,24,26-27H,7-8,11-12,16-17H2,1-4H3/t20?,24?,26-,27+/m0/s1. The minimum absolute atomic E-state index is 0.0117. The monoisotopic (exact) mass is 644 g/mol. The van der Waals surface area contributed by atoms with Crippen LogP contribution in [-0.2, 0) is 21.9 Å². The number of hydrogen-bond donors (Lipinski definition) is 0. The first-order valence-electron chi connectivity index (χ1n) is 14.5. The van der Waals surface area contributed by atoms with E-state index in [0.717, 1.165) is 7.05 Å². The number of nitrogens with zero attached hydrogens (tertiary/aromatic N) is 4. The lowest BCUT2D eigenvalue weighted by Gasteiger charge is -2.35. The number of urea groups is 1. The Labute approximate surface area is 256 Å². The Hall–Kier alpha value is -3.84. The molecule has 1 aliphatic carbocycles. The zero-order valence-corrected chi connectivity index (χ0v) is 25.3. The van der Waals surface area contributed by atoms with E-state index < -0.39 is 53.0 Å². The summed E-state index contributed by atoms with van der Waals surface area (Å²) in [4.78, 5) is 44.2. The predicted molar refractivity (Wildman–Crippen MR) is 152 cm³/mol. The van der Waals surface area contributed by atoms with Gasteiger partial charge >= 0.3 is 18.4 Å².